The topological polar surface area (TPSA) is 34.1 Å². The van der Waals surface area contributed by atoms with Gasteiger partial charge in [0.2, 0.25) is 0 Å². The van der Waals surface area contributed by atoms with Gasteiger partial charge in [0.25, 0.3) is 0 Å². The first-order chi connectivity index (χ1) is 9.20. The molecule has 0 heterocycles. The van der Waals surface area contributed by atoms with Crippen molar-refractivity contribution in [1.29, 1.82) is 0 Å². The van der Waals surface area contributed by atoms with Crippen molar-refractivity contribution in [2.75, 3.05) is 0 Å². The first-order valence-electron chi connectivity index (χ1n) is 7.40. The van der Waals surface area contributed by atoms with Crippen LogP contribution in [0.2, 0.25) is 0 Å². The normalized spacial score (nSPS) is 38.8. The van der Waals surface area contributed by atoms with Gasteiger partial charge in [0, 0.05) is 22.7 Å². The van der Waals surface area contributed by atoms with Crippen molar-refractivity contribution < 1.29 is 9.59 Å². The third-order valence-electron chi connectivity index (χ3n) is 5.66. The SMILES string of the molecule is CC12C=CC(=O)C=C1C1(C)CCC(=O)C(C)(C)C1=CC2. The predicted octanol–water partition coefficient (Wildman–Crippen LogP) is 3.78. The fraction of sp³-hybridized carbons (Fsp3) is 0.556. The zero-order chi connectivity index (χ0) is 14.8. The van der Waals surface area contributed by atoms with Crippen molar-refractivity contribution in [3.63, 3.8) is 0 Å². The van der Waals surface area contributed by atoms with E-state index in [4.69, 9.17) is 0 Å². The van der Waals surface area contributed by atoms with Crippen molar-refractivity contribution in [1.82, 2.24) is 0 Å². The highest BCUT2D eigenvalue weighted by atomic mass is 16.1. The van der Waals surface area contributed by atoms with Crippen LogP contribution in [0.3, 0.4) is 0 Å². The van der Waals surface area contributed by atoms with Crippen LogP contribution in [0.25, 0.3) is 0 Å². The third-order valence-corrected chi connectivity index (χ3v) is 5.66. The molecule has 3 aliphatic rings. The van der Waals surface area contributed by atoms with E-state index >= 15 is 0 Å². The molecular weight excluding hydrogens is 248 g/mol. The zero-order valence-corrected chi connectivity index (χ0v) is 12.7. The van der Waals surface area contributed by atoms with Gasteiger partial charge in [0.1, 0.15) is 5.78 Å². The van der Waals surface area contributed by atoms with Crippen LogP contribution in [0.5, 0.6) is 0 Å². The monoisotopic (exact) mass is 270 g/mol. The average Bonchev–Trinajstić information content (AvgIpc) is 2.37. The Kier molecular flexibility index (Phi) is 2.58. The van der Waals surface area contributed by atoms with E-state index in [1.807, 2.05) is 26.0 Å². The van der Waals surface area contributed by atoms with Crippen LogP contribution in [0.1, 0.15) is 47.0 Å². The molecule has 2 nitrogen and oxygen atoms in total. The van der Waals surface area contributed by atoms with Crippen LogP contribution >= 0.6 is 0 Å². The number of fused-ring (bicyclic) bond motifs is 3. The Morgan fingerprint density at radius 1 is 1.05 bits per heavy atom. The summed E-state index contributed by atoms with van der Waals surface area (Å²) < 4.78 is 0. The third kappa shape index (κ3) is 1.57. The Hall–Kier alpha value is -1.44. The molecule has 0 radical (unpaired) electrons. The van der Waals surface area contributed by atoms with Gasteiger partial charge in [-0.1, -0.05) is 31.6 Å². The summed E-state index contributed by atoms with van der Waals surface area (Å²) in [6.07, 6.45) is 10.1. The Bertz CT molecular complexity index is 603. The van der Waals surface area contributed by atoms with Crippen LogP contribution in [0, 0.1) is 16.2 Å². The molecule has 0 aliphatic heterocycles. The predicted molar refractivity (Wildman–Crippen MR) is 79.2 cm³/mol. The average molecular weight is 270 g/mol. The molecule has 0 aromatic rings. The Morgan fingerprint density at radius 3 is 2.45 bits per heavy atom. The molecule has 3 rings (SSSR count). The van der Waals surface area contributed by atoms with Gasteiger partial charge >= 0.3 is 0 Å². The second-order valence-corrected chi connectivity index (χ2v) is 7.41. The fourth-order valence-corrected chi connectivity index (χ4v) is 4.40. The van der Waals surface area contributed by atoms with Crippen LogP contribution < -0.4 is 0 Å². The number of carbonyl (C=O) groups is 2. The van der Waals surface area contributed by atoms with E-state index in [1.165, 1.54) is 11.1 Å². The van der Waals surface area contributed by atoms with E-state index in [1.54, 1.807) is 6.08 Å². The molecule has 0 bridgehead atoms. The number of ketones is 2. The molecule has 1 saturated carbocycles. The summed E-state index contributed by atoms with van der Waals surface area (Å²) in [7, 11) is 0. The molecule has 3 aliphatic carbocycles. The summed E-state index contributed by atoms with van der Waals surface area (Å²) in [6.45, 7) is 8.47. The molecule has 2 atom stereocenters. The molecule has 2 unspecified atom stereocenters. The van der Waals surface area contributed by atoms with E-state index in [0.717, 1.165) is 12.8 Å². The molecule has 0 aromatic carbocycles. The van der Waals surface area contributed by atoms with Gasteiger partial charge in [0.05, 0.1) is 0 Å². The van der Waals surface area contributed by atoms with Gasteiger partial charge in [-0.2, -0.15) is 0 Å². The summed E-state index contributed by atoms with van der Waals surface area (Å²) in [5.74, 6) is 0.401. The van der Waals surface area contributed by atoms with Gasteiger partial charge in [-0.3, -0.25) is 9.59 Å². The summed E-state index contributed by atoms with van der Waals surface area (Å²) >= 11 is 0. The van der Waals surface area contributed by atoms with Crippen molar-refractivity contribution in [2.45, 2.75) is 47.0 Å². The maximum absolute atomic E-state index is 12.3. The lowest BCUT2D eigenvalue weighted by molar-refractivity contribution is -0.128. The number of hydrogen-bond donors (Lipinski definition) is 0. The molecular formula is C18H22O2. The van der Waals surface area contributed by atoms with Crippen LogP contribution in [-0.4, -0.2) is 11.6 Å². The molecule has 0 spiro atoms. The van der Waals surface area contributed by atoms with Gasteiger partial charge in [-0.15, -0.1) is 0 Å². The largest absolute Gasteiger partial charge is 0.299 e. The molecule has 0 amide bonds. The Morgan fingerprint density at radius 2 is 1.75 bits per heavy atom. The van der Waals surface area contributed by atoms with Gasteiger partial charge in [-0.05, 0) is 44.4 Å². The van der Waals surface area contributed by atoms with Crippen LogP contribution in [0.15, 0.2) is 35.5 Å². The molecule has 0 saturated heterocycles. The minimum absolute atomic E-state index is 0.0668. The maximum Gasteiger partial charge on any atom is 0.178 e. The van der Waals surface area contributed by atoms with E-state index in [2.05, 4.69) is 19.9 Å². The maximum atomic E-state index is 12.3. The first-order valence-corrected chi connectivity index (χ1v) is 7.40. The molecule has 2 heteroatoms. The summed E-state index contributed by atoms with van der Waals surface area (Å²) in [6, 6.07) is 0. The van der Waals surface area contributed by atoms with Gasteiger partial charge in [0.15, 0.2) is 5.78 Å². The van der Waals surface area contributed by atoms with E-state index in [9.17, 15) is 9.59 Å². The Balaban J connectivity index is 2.21. The second kappa shape index (κ2) is 3.81. The van der Waals surface area contributed by atoms with Crippen molar-refractivity contribution >= 4 is 11.6 Å². The number of rotatable bonds is 0. The smallest absolute Gasteiger partial charge is 0.178 e. The lowest BCUT2D eigenvalue weighted by Crippen LogP contribution is -2.47. The van der Waals surface area contributed by atoms with Gasteiger partial charge < -0.3 is 0 Å². The standard InChI is InChI=1S/C18H22O2/c1-16(2)13-6-9-17(3)8-5-12(19)11-14(17)18(13,4)10-7-15(16)20/h5-6,8,11H,7,9-10H2,1-4H3. The lowest BCUT2D eigenvalue weighted by Gasteiger charge is -2.54. The molecule has 0 N–H and O–H groups in total. The minimum Gasteiger partial charge on any atom is -0.299 e. The molecule has 20 heavy (non-hydrogen) atoms. The highest BCUT2D eigenvalue weighted by Gasteiger charge is 2.53. The van der Waals surface area contributed by atoms with Crippen LogP contribution in [0.4, 0.5) is 0 Å². The highest BCUT2D eigenvalue weighted by molar-refractivity contribution is 6.02. The number of allylic oxidation sites excluding steroid dienone is 6. The van der Waals surface area contributed by atoms with Gasteiger partial charge in [-0.25, -0.2) is 0 Å². The summed E-state index contributed by atoms with van der Waals surface area (Å²) in [4.78, 5) is 24.1. The minimum atomic E-state index is -0.403. The Labute approximate surface area is 120 Å². The molecule has 0 aromatic heterocycles. The second-order valence-electron chi connectivity index (χ2n) is 7.41. The fourth-order valence-electron chi connectivity index (χ4n) is 4.40. The molecule has 1 fully saturated rings. The van der Waals surface area contributed by atoms with Crippen molar-refractivity contribution in [3.05, 3.63) is 35.5 Å². The summed E-state index contributed by atoms with van der Waals surface area (Å²) in [5, 5.41) is 0. The number of Topliss-reactive ketones (excluding diaryl/α,β-unsaturated/α-hetero) is 1. The highest BCUT2D eigenvalue weighted by Crippen LogP contribution is 2.61. The van der Waals surface area contributed by atoms with Crippen molar-refractivity contribution in [3.8, 4) is 0 Å². The van der Waals surface area contributed by atoms with E-state index in [-0.39, 0.29) is 16.6 Å². The zero-order valence-electron chi connectivity index (χ0n) is 12.7. The van der Waals surface area contributed by atoms with E-state index in [0.29, 0.717) is 12.2 Å². The molecule has 106 valence electrons. The first kappa shape index (κ1) is 13.5. The number of carbonyl (C=O) groups excluding carboxylic acids is 2. The summed E-state index contributed by atoms with van der Waals surface area (Å²) in [5.41, 5.74) is 1.80. The van der Waals surface area contributed by atoms with Crippen molar-refractivity contribution in [2.24, 2.45) is 16.2 Å². The lowest BCUT2D eigenvalue weighted by atomic mass is 9.49. The quantitative estimate of drug-likeness (QED) is 0.628. The van der Waals surface area contributed by atoms with E-state index < -0.39 is 5.41 Å². The van der Waals surface area contributed by atoms with Crippen LogP contribution in [-0.2, 0) is 9.59 Å². The number of hydrogen-bond acceptors (Lipinski definition) is 2.